The minimum absolute atomic E-state index is 0.148. The van der Waals surface area contributed by atoms with Gasteiger partial charge in [0.05, 0.1) is 19.5 Å². The first-order valence-electron chi connectivity index (χ1n) is 4.58. The average molecular weight is 207 g/mol. The van der Waals surface area contributed by atoms with E-state index in [-0.39, 0.29) is 11.5 Å². The maximum absolute atomic E-state index is 11.3. The third-order valence-corrected chi connectivity index (χ3v) is 1.77. The van der Waals surface area contributed by atoms with Gasteiger partial charge in [-0.25, -0.2) is 9.78 Å². The van der Waals surface area contributed by atoms with Crippen LogP contribution in [0.2, 0.25) is 0 Å². The largest absolute Gasteiger partial charge is 0.461 e. The third kappa shape index (κ3) is 2.50. The molecule has 0 aromatic carbocycles. The van der Waals surface area contributed by atoms with E-state index in [2.05, 4.69) is 16.8 Å². The number of nitrogens with two attached hydrogens (primary N) is 1. The highest BCUT2D eigenvalue weighted by molar-refractivity contribution is 5.92. The predicted molar refractivity (Wildman–Crippen MR) is 56.0 cm³/mol. The van der Waals surface area contributed by atoms with Gasteiger partial charge in [-0.05, 0) is 13.8 Å². The Hall–Kier alpha value is -1.96. The number of hydrogen-bond acceptors (Lipinski definition) is 4. The van der Waals surface area contributed by atoms with Crippen molar-refractivity contribution in [2.24, 2.45) is 0 Å². The van der Waals surface area contributed by atoms with Gasteiger partial charge in [-0.3, -0.25) is 0 Å². The molecule has 0 fully saturated rings. The molecular weight excluding hydrogens is 194 g/mol. The first kappa shape index (κ1) is 11.1. The van der Waals surface area contributed by atoms with Crippen LogP contribution in [0, 0.1) is 11.8 Å². The summed E-state index contributed by atoms with van der Waals surface area (Å²) in [6.45, 7) is 4.20. The molecule has 2 N–H and O–H groups in total. The number of nitrogens with zero attached hydrogens (tertiary/aromatic N) is 2. The fraction of sp³-hybridized carbons (Fsp3) is 0.400. The Balaban J connectivity index is 2.86. The second kappa shape index (κ2) is 5.05. The zero-order valence-corrected chi connectivity index (χ0v) is 8.78. The Morgan fingerprint density at radius 2 is 2.47 bits per heavy atom. The monoisotopic (exact) mass is 207 g/mol. The minimum atomic E-state index is -0.502. The van der Waals surface area contributed by atoms with Crippen LogP contribution in [0.1, 0.15) is 24.3 Å². The van der Waals surface area contributed by atoms with E-state index in [0.717, 1.165) is 0 Å². The van der Waals surface area contributed by atoms with Gasteiger partial charge in [0.25, 0.3) is 0 Å². The van der Waals surface area contributed by atoms with Crippen molar-refractivity contribution in [3.8, 4) is 11.8 Å². The fourth-order valence-electron chi connectivity index (χ4n) is 1.04. The van der Waals surface area contributed by atoms with Crippen LogP contribution in [-0.4, -0.2) is 22.1 Å². The van der Waals surface area contributed by atoms with Gasteiger partial charge < -0.3 is 15.0 Å². The summed E-state index contributed by atoms with van der Waals surface area (Å²) in [5, 5.41) is 0. The van der Waals surface area contributed by atoms with Gasteiger partial charge >= 0.3 is 5.97 Å². The molecule has 0 unspecified atom stereocenters. The van der Waals surface area contributed by atoms with Gasteiger partial charge in [-0.15, -0.1) is 5.92 Å². The molecule has 80 valence electrons. The van der Waals surface area contributed by atoms with E-state index in [1.54, 1.807) is 18.4 Å². The van der Waals surface area contributed by atoms with Gasteiger partial charge in [-0.2, -0.15) is 0 Å². The zero-order valence-electron chi connectivity index (χ0n) is 8.78. The number of imidazole rings is 1. The molecule has 0 aliphatic rings. The fourth-order valence-corrected chi connectivity index (χ4v) is 1.04. The van der Waals surface area contributed by atoms with E-state index < -0.39 is 5.97 Å². The van der Waals surface area contributed by atoms with Crippen molar-refractivity contribution < 1.29 is 9.53 Å². The summed E-state index contributed by atoms with van der Waals surface area (Å²) in [4.78, 5) is 15.2. The Morgan fingerprint density at radius 3 is 3.07 bits per heavy atom. The number of anilines is 1. The molecule has 1 aromatic rings. The van der Waals surface area contributed by atoms with Crippen molar-refractivity contribution in [1.82, 2.24) is 9.55 Å². The van der Waals surface area contributed by atoms with Crippen LogP contribution in [0.15, 0.2) is 6.33 Å². The number of carbonyl (C=O) groups excluding carboxylic acids is 1. The van der Waals surface area contributed by atoms with E-state index in [0.29, 0.717) is 13.2 Å². The van der Waals surface area contributed by atoms with Crippen molar-refractivity contribution in [2.45, 2.75) is 20.4 Å². The molecule has 5 heteroatoms. The third-order valence-electron chi connectivity index (χ3n) is 1.77. The van der Waals surface area contributed by atoms with Crippen molar-refractivity contribution in [3.05, 3.63) is 12.0 Å². The predicted octanol–water partition coefficient (Wildman–Crippen LogP) is 0.665. The highest BCUT2D eigenvalue weighted by Crippen LogP contribution is 2.10. The molecule has 0 amide bonds. The highest BCUT2D eigenvalue weighted by atomic mass is 16.5. The van der Waals surface area contributed by atoms with E-state index in [9.17, 15) is 4.79 Å². The molecule has 1 rings (SSSR count). The Bertz CT molecular complexity index is 412. The topological polar surface area (TPSA) is 70.1 Å². The quantitative estimate of drug-likeness (QED) is 0.584. The smallest absolute Gasteiger partial charge is 0.360 e. The van der Waals surface area contributed by atoms with Crippen LogP contribution in [-0.2, 0) is 11.3 Å². The van der Waals surface area contributed by atoms with Crippen molar-refractivity contribution in [1.29, 1.82) is 0 Å². The molecule has 0 atom stereocenters. The molecule has 15 heavy (non-hydrogen) atoms. The Kier molecular flexibility index (Phi) is 3.75. The summed E-state index contributed by atoms with van der Waals surface area (Å²) < 4.78 is 6.40. The molecule has 0 saturated heterocycles. The van der Waals surface area contributed by atoms with Gasteiger partial charge in [0, 0.05) is 0 Å². The summed E-state index contributed by atoms with van der Waals surface area (Å²) in [6.07, 6.45) is 1.48. The van der Waals surface area contributed by atoms with Crippen molar-refractivity contribution in [3.63, 3.8) is 0 Å². The molecule has 0 radical (unpaired) electrons. The number of rotatable bonds is 3. The van der Waals surface area contributed by atoms with Gasteiger partial charge in [-0.1, -0.05) is 5.92 Å². The summed E-state index contributed by atoms with van der Waals surface area (Å²) in [5.74, 6) is 5.35. The van der Waals surface area contributed by atoms with E-state index in [1.165, 1.54) is 6.33 Å². The molecule has 0 saturated carbocycles. The molecule has 0 aliphatic carbocycles. The first-order chi connectivity index (χ1) is 7.20. The Labute approximate surface area is 88.2 Å². The SMILES string of the molecule is CC#CCn1cnc(C(=O)OCC)c1N. The minimum Gasteiger partial charge on any atom is -0.461 e. The normalized spacial score (nSPS) is 9.20. The van der Waals surface area contributed by atoms with Crippen molar-refractivity contribution in [2.75, 3.05) is 12.3 Å². The number of nitrogen functional groups attached to an aromatic ring is 1. The van der Waals surface area contributed by atoms with E-state index in [1.807, 2.05) is 0 Å². The number of esters is 1. The van der Waals surface area contributed by atoms with Crippen LogP contribution in [0.3, 0.4) is 0 Å². The molecule has 5 nitrogen and oxygen atoms in total. The van der Waals surface area contributed by atoms with Gasteiger partial charge in [0.2, 0.25) is 0 Å². The first-order valence-corrected chi connectivity index (χ1v) is 4.58. The van der Waals surface area contributed by atoms with E-state index in [4.69, 9.17) is 10.5 Å². The highest BCUT2D eigenvalue weighted by Gasteiger charge is 2.15. The molecular formula is C10H13N3O2. The summed E-state index contributed by atoms with van der Waals surface area (Å²) in [7, 11) is 0. The average Bonchev–Trinajstić information content (AvgIpc) is 2.57. The molecule has 0 spiro atoms. The van der Waals surface area contributed by atoms with Gasteiger partial charge in [0.15, 0.2) is 5.69 Å². The summed E-state index contributed by atoms with van der Waals surface area (Å²) in [5.41, 5.74) is 5.86. The summed E-state index contributed by atoms with van der Waals surface area (Å²) in [6, 6.07) is 0. The van der Waals surface area contributed by atoms with Gasteiger partial charge in [0.1, 0.15) is 5.82 Å². The number of hydrogen-bond donors (Lipinski definition) is 1. The second-order valence-electron chi connectivity index (χ2n) is 2.75. The molecule has 0 bridgehead atoms. The maximum Gasteiger partial charge on any atom is 0.360 e. The number of ether oxygens (including phenoxy) is 1. The van der Waals surface area contributed by atoms with Crippen molar-refractivity contribution >= 4 is 11.8 Å². The number of carbonyl (C=O) groups is 1. The molecule has 1 heterocycles. The number of aromatic nitrogens is 2. The molecule has 1 aromatic heterocycles. The van der Waals surface area contributed by atoms with Crippen LogP contribution in [0.4, 0.5) is 5.82 Å². The standard InChI is InChI=1S/C10H13N3O2/c1-3-5-6-13-7-12-8(9(13)11)10(14)15-4-2/h7H,4,6,11H2,1-2H3. The maximum atomic E-state index is 11.3. The molecule has 0 aliphatic heterocycles. The van der Waals surface area contributed by atoms with Crippen LogP contribution < -0.4 is 5.73 Å². The second-order valence-corrected chi connectivity index (χ2v) is 2.75. The Morgan fingerprint density at radius 1 is 1.73 bits per heavy atom. The summed E-state index contributed by atoms with van der Waals surface area (Å²) >= 11 is 0. The lowest BCUT2D eigenvalue weighted by Crippen LogP contribution is -2.09. The van der Waals surface area contributed by atoms with Crippen LogP contribution in [0.5, 0.6) is 0 Å². The van der Waals surface area contributed by atoms with Crippen LogP contribution in [0.25, 0.3) is 0 Å². The lowest BCUT2D eigenvalue weighted by Gasteiger charge is -2.01. The van der Waals surface area contributed by atoms with Crippen LogP contribution >= 0.6 is 0 Å². The lowest BCUT2D eigenvalue weighted by molar-refractivity contribution is 0.0521. The zero-order chi connectivity index (χ0) is 11.3. The van der Waals surface area contributed by atoms with E-state index >= 15 is 0 Å². The lowest BCUT2D eigenvalue weighted by atomic mass is 10.4.